The molecule has 1 fully saturated rings. The molecule has 1 aliphatic rings. The molecular formula is C18H29NO. The fourth-order valence-electron chi connectivity index (χ4n) is 3.50. The lowest BCUT2D eigenvalue weighted by Crippen LogP contribution is -2.35. The second kappa shape index (κ2) is 5.16. The summed E-state index contributed by atoms with van der Waals surface area (Å²) in [5.41, 5.74) is 8.88. The molecule has 1 saturated heterocycles. The van der Waals surface area contributed by atoms with Crippen molar-refractivity contribution in [2.75, 3.05) is 0 Å². The Morgan fingerprint density at radius 3 is 1.95 bits per heavy atom. The average Bonchev–Trinajstić information content (AvgIpc) is 2.56. The highest BCUT2D eigenvalue weighted by atomic mass is 16.5. The summed E-state index contributed by atoms with van der Waals surface area (Å²) in [4.78, 5) is 0. The summed E-state index contributed by atoms with van der Waals surface area (Å²) in [5, 5.41) is 0. The van der Waals surface area contributed by atoms with Gasteiger partial charge in [-0.1, -0.05) is 38.1 Å². The Kier molecular flexibility index (Phi) is 4.01. The molecule has 2 nitrogen and oxygen atoms in total. The average molecular weight is 275 g/mol. The molecule has 2 N–H and O–H groups in total. The minimum absolute atomic E-state index is 0.0352. The quantitative estimate of drug-likeness (QED) is 0.887. The first-order valence-corrected chi connectivity index (χ1v) is 7.68. The van der Waals surface area contributed by atoms with Crippen LogP contribution in [0.3, 0.4) is 0 Å². The summed E-state index contributed by atoms with van der Waals surface area (Å²) in [6.45, 7) is 13.1. The third kappa shape index (κ3) is 3.07. The molecular weight excluding hydrogens is 246 g/mol. The van der Waals surface area contributed by atoms with Crippen LogP contribution in [0, 0.1) is 5.92 Å². The summed E-state index contributed by atoms with van der Waals surface area (Å²) in [5.74, 6) is 0.910. The molecule has 1 aromatic carbocycles. The van der Waals surface area contributed by atoms with Crippen LogP contribution in [0.2, 0.25) is 0 Å². The van der Waals surface area contributed by atoms with Crippen molar-refractivity contribution in [3.63, 3.8) is 0 Å². The Bertz CT molecular complexity index is 459. The lowest BCUT2D eigenvalue weighted by molar-refractivity contribution is -0.0767. The van der Waals surface area contributed by atoms with Crippen LogP contribution >= 0.6 is 0 Å². The minimum Gasteiger partial charge on any atom is -0.369 e. The monoisotopic (exact) mass is 275 g/mol. The van der Waals surface area contributed by atoms with E-state index in [2.05, 4.69) is 65.8 Å². The maximum absolute atomic E-state index is 6.54. The van der Waals surface area contributed by atoms with Gasteiger partial charge in [0.15, 0.2) is 0 Å². The van der Waals surface area contributed by atoms with Crippen molar-refractivity contribution in [3.05, 3.63) is 35.4 Å². The molecule has 0 aliphatic carbocycles. The Morgan fingerprint density at radius 2 is 1.55 bits per heavy atom. The van der Waals surface area contributed by atoms with E-state index in [0.717, 1.165) is 6.42 Å². The smallest absolute Gasteiger partial charge is 0.0680 e. The van der Waals surface area contributed by atoms with Crippen molar-refractivity contribution in [2.45, 2.75) is 71.1 Å². The molecule has 0 amide bonds. The van der Waals surface area contributed by atoms with Crippen molar-refractivity contribution in [1.29, 1.82) is 0 Å². The molecule has 0 aromatic heterocycles. The van der Waals surface area contributed by atoms with Crippen molar-refractivity contribution < 1.29 is 4.74 Å². The molecule has 20 heavy (non-hydrogen) atoms. The van der Waals surface area contributed by atoms with Crippen molar-refractivity contribution >= 4 is 0 Å². The predicted molar refractivity (Wildman–Crippen MR) is 84.8 cm³/mol. The zero-order valence-electron chi connectivity index (χ0n) is 13.7. The van der Waals surface area contributed by atoms with Crippen LogP contribution in [0.15, 0.2) is 24.3 Å². The van der Waals surface area contributed by atoms with Crippen LogP contribution in [-0.2, 0) is 4.74 Å². The standard InChI is InChI=1S/C18H29NO/c1-12(2)13-7-9-14(10-8-13)16(19)15-11-17(3,4)20-18(15,5)6/h7-10,12,15-16H,11,19H2,1-6H3. The molecule has 2 unspecified atom stereocenters. The van der Waals surface area contributed by atoms with E-state index >= 15 is 0 Å². The van der Waals surface area contributed by atoms with Gasteiger partial charge in [0.1, 0.15) is 0 Å². The molecule has 2 atom stereocenters. The van der Waals surface area contributed by atoms with E-state index in [4.69, 9.17) is 10.5 Å². The summed E-state index contributed by atoms with van der Waals surface area (Å²) < 4.78 is 6.17. The van der Waals surface area contributed by atoms with Gasteiger partial charge in [-0.05, 0) is 51.2 Å². The topological polar surface area (TPSA) is 35.2 Å². The Morgan fingerprint density at radius 1 is 1.05 bits per heavy atom. The normalized spacial score (nSPS) is 25.9. The summed E-state index contributed by atoms with van der Waals surface area (Å²) in [7, 11) is 0. The SMILES string of the molecule is CC(C)c1ccc(C(N)C2CC(C)(C)OC2(C)C)cc1. The first-order valence-electron chi connectivity index (χ1n) is 7.68. The summed E-state index contributed by atoms with van der Waals surface area (Å²) in [6.07, 6.45) is 1.01. The number of ether oxygens (including phenoxy) is 1. The lowest BCUT2D eigenvalue weighted by Gasteiger charge is -2.31. The van der Waals surface area contributed by atoms with Gasteiger partial charge in [0.2, 0.25) is 0 Å². The molecule has 1 aromatic rings. The second-order valence-corrected chi connectivity index (χ2v) is 7.62. The second-order valence-electron chi connectivity index (χ2n) is 7.62. The Labute approximate surface area is 123 Å². The molecule has 1 heterocycles. The van der Waals surface area contributed by atoms with E-state index in [-0.39, 0.29) is 17.2 Å². The molecule has 1 aliphatic heterocycles. The third-order valence-electron chi connectivity index (χ3n) is 4.57. The van der Waals surface area contributed by atoms with E-state index in [1.807, 2.05) is 0 Å². The first kappa shape index (κ1) is 15.5. The van der Waals surface area contributed by atoms with Crippen molar-refractivity contribution in [2.24, 2.45) is 11.7 Å². The third-order valence-corrected chi connectivity index (χ3v) is 4.57. The van der Waals surface area contributed by atoms with Gasteiger partial charge >= 0.3 is 0 Å². The summed E-state index contributed by atoms with van der Waals surface area (Å²) in [6, 6.07) is 8.80. The van der Waals surface area contributed by atoms with Crippen LogP contribution < -0.4 is 5.73 Å². The van der Waals surface area contributed by atoms with Gasteiger partial charge in [-0.3, -0.25) is 0 Å². The number of benzene rings is 1. The van der Waals surface area contributed by atoms with E-state index in [1.165, 1.54) is 11.1 Å². The highest BCUT2D eigenvalue weighted by Gasteiger charge is 2.48. The van der Waals surface area contributed by atoms with Crippen LogP contribution in [0.25, 0.3) is 0 Å². The molecule has 2 heteroatoms. The fraction of sp³-hybridized carbons (Fsp3) is 0.667. The maximum atomic E-state index is 6.54. The highest BCUT2D eigenvalue weighted by Crippen LogP contribution is 2.46. The van der Waals surface area contributed by atoms with Gasteiger partial charge < -0.3 is 10.5 Å². The number of rotatable bonds is 3. The van der Waals surface area contributed by atoms with Crippen LogP contribution in [0.4, 0.5) is 0 Å². The van der Waals surface area contributed by atoms with Crippen LogP contribution in [0.5, 0.6) is 0 Å². The van der Waals surface area contributed by atoms with Crippen molar-refractivity contribution in [1.82, 2.24) is 0 Å². The zero-order valence-corrected chi connectivity index (χ0v) is 13.7. The van der Waals surface area contributed by atoms with Gasteiger partial charge in [0.05, 0.1) is 11.2 Å². The van der Waals surface area contributed by atoms with Gasteiger partial charge in [-0.2, -0.15) is 0 Å². The minimum atomic E-state index is -0.167. The predicted octanol–water partition coefficient (Wildman–Crippen LogP) is 4.40. The van der Waals surface area contributed by atoms with Crippen LogP contribution in [0.1, 0.15) is 71.0 Å². The van der Waals surface area contributed by atoms with Crippen LogP contribution in [-0.4, -0.2) is 11.2 Å². The van der Waals surface area contributed by atoms with E-state index in [1.54, 1.807) is 0 Å². The molecule has 0 radical (unpaired) electrons. The molecule has 0 saturated carbocycles. The first-order chi connectivity index (χ1) is 9.12. The van der Waals surface area contributed by atoms with E-state index in [9.17, 15) is 0 Å². The highest BCUT2D eigenvalue weighted by molar-refractivity contribution is 5.28. The largest absolute Gasteiger partial charge is 0.369 e. The Balaban J connectivity index is 2.21. The molecule has 112 valence electrons. The fourth-order valence-corrected chi connectivity index (χ4v) is 3.50. The lowest BCUT2D eigenvalue weighted by atomic mass is 9.79. The Hall–Kier alpha value is -0.860. The van der Waals surface area contributed by atoms with Gasteiger partial charge in [0, 0.05) is 12.0 Å². The molecule has 2 rings (SSSR count). The zero-order chi connectivity index (χ0) is 15.1. The molecule has 0 bridgehead atoms. The van der Waals surface area contributed by atoms with E-state index < -0.39 is 0 Å². The van der Waals surface area contributed by atoms with Gasteiger partial charge in [-0.15, -0.1) is 0 Å². The molecule has 0 spiro atoms. The number of nitrogens with two attached hydrogens (primary N) is 1. The summed E-state index contributed by atoms with van der Waals surface area (Å²) >= 11 is 0. The van der Waals surface area contributed by atoms with Gasteiger partial charge in [-0.25, -0.2) is 0 Å². The van der Waals surface area contributed by atoms with Gasteiger partial charge in [0.25, 0.3) is 0 Å². The maximum Gasteiger partial charge on any atom is 0.0680 e. The van der Waals surface area contributed by atoms with E-state index in [0.29, 0.717) is 11.8 Å². The van der Waals surface area contributed by atoms with Crippen molar-refractivity contribution in [3.8, 4) is 0 Å². The number of hydrogen-bond acceptors (Lipinski definition) is 2. The number of hydrogen-bond donors (Lipinski definition) is 1.